The molecule has 3 heterocycles. The Morgan fingerprint density at radius 2 is 1.79 bits per heavy atom. The first-order chi connectivity index (χ1) is 14.1. The number of aromatic nitrogens is 2. The average Bonchev–Trinajstić information content (AvgIpc) is 3.14. The van der Waals surface area contributed by atoms with Gasteiger partial charge in [-0.25, -0.2) is 9.97 Å². The number of benzene rings is 2. The van der Waals surface area contributed by atoms with Crippen LogP contribution in [0.1, 0.15) is 34.5 Å². The maximum Gasteiger partial charge on any atom is 0.159 e. The predicted molar refractivity (Wildman–Crippen MR) is 115 cm³/mol. The van der Waals surface area contributed by atoms with Crippen molar-refractivity contribution in [3.05, 3.63) is 82.7 Å². The summed E-state index contributed by atoms with van der Waals surface area (Å²) < 4.78 is 6.07. The normalized spacial score (nSPS) is 21.4. The second-order valence-corrected chi connectivity index (χ2v) is 8.55. The second-order valence-electron chi connectivity index (χ2n) is 8.55. The third-order valence-corrected chi connectivity index (χ3v) is 6.33. The number of aryl methyl sites for hydroxylation is 2. The fraction of sp³-hybridized carbons (Fsp3) is 0.360. The summed E-state index contributed by atoms with van der Waals surface area (Å²) in [5.74, 6) is 0.833. The minimum absolute atomic E-state index is 0.0322. The minimum Gasteiger partial charge on any atom is -0.376 e. The van der Waals surface area contributed by atoms with Crippen LogP contribution in [0.25, 0.3) is 11.4 Å². The Bertz CT molecular complexity index is 1020. The number of hydrogen-bond acceptors (Lipinski definition) is 4. The van der Waals surface area contributed by atoms with E-state index in [4.69, 9.17) is 14.7 Å². The smallest absolute Gasteiger partial charge is 0.159 e. The van der Waals surface area contributed by atoms with Crippen LogP contribution in [0.5, 0.6) is 0 Å². The summed E-state index contributed by atoms with van der Waals surface area (Å²) in [6.07, 6.45) is 1.08. The number of rotatable bonds is 3. The van der Waals surface area contributed by atoms with Gasteiger partial charge in [0.25, 0.3) is 0 Å². The molecule has 2 aliphatic heterocycles. The highest BCUT2D eigenvalue weighted by molar-refractivity contribution is 5.56. The van der Waals surface area contributed by atoms with Gasteiger partial charge in [-0.15, -0.1) is 0 Å². The Balaban J connectivity index is 1.47. The second kappa shape index (κ2) is 7.36. The Labute approximate surface area is 172 Å². The van der Waals surface area contributed by atoms with E-state index in [2.05, 4.69) is 55.1 Å². The highest BCUT2D eigenvalue weighted by atomic mass is 16.5. The number of fused-ring (bicyclic) bond motifs is 2. The molecule has 1 aromatic heterocycles. The van der Waals surface area contributed by atoms with Crippen LogP contribution in [-0.4, -0.2) is 34.6 Å². The van der Waals surface area contributed by atoms with Gasteiger partial charge in [0, 0.05) is 29.9 Å². The molecule has 0 N–H and O–H groups in total. The van der Waals surface area contributed by atoms with Crippen molar-refractivity contribution < 1.29 is 4.74 Å². The summed E-state index contributed by atoms with van der Waals surface area (Å²) in [6, 6.07) is 19.2. The van der Waals surface area contributed by atoms with E-state index in [0.717, 1.165) is 49.7 Å². The van der Waals surface area contributed by atoms with E-state index in [1.165, 1.54) is 22.4 Å². The Morgan fingerprint density at radius 1 is 1.00 bits per heavy atom. The topological polar surface area (TPSA) is 38.2 Å². The molecule has 2 aromatic carbocycles. The molecule has 148 valence electrons. The van der Waals surface area contributed by atoms with E-state index >= 15 is 0 Å². The van der Waals surface area contributed by atoms with E-state index in [-0.39, 0.29) is 5.41 Å². The lowest BCUT2D eigenvalue weighted by Crippen LogP contribution is -2.41. The molecule has 0 unspecified atom stereocenters. The molecule has 0 saturated carbocycles. The fourth-order valence-corrected chi connectivity index (χ4v) is 4.70. The van der Waals surface area contributed by atoms with Crippen LogP contribution in [0.2, 0.25) is 0 Å². The van der Waals surface area contributed by atoms with Crippen LogP contribution in [0.4, 0.5) is 0 Å². The minimum atomic E-state index is -0.0322. The van der Waals surface area contributed by atoms with Crippen molar-refractivity contribution in [2.24, 2.45) is 0 Å². The van der Waals surface area contributed by atoms with Crippen LogP contribution in [0, 0.1) is 13.8 Å². The molecule has 4 nitrogen and oxygen atoms in total. The van der Waals surface area contributed by atoms with Crippen LogP contribution < -0.4 is 0 Å². The maximum absolute atomic E-state index is 6.07. The van der Waals surface area contributed by atoms with Gasteiger partial charge in [-0.05, 0) is 32.4 Å². The van der Waals surface area contributed by atoms with Gasteiger partial charge in [0.05, 0.1) is 24.3 Å². The van der Waals surface area contributed by atoms with Crippen molar-refractivity contribution in [1.82, 2.24) is 14.9 Å². The molecule has 0 radical (unpaired) electrons. The number of nitrogens with zero attached hydrogens (tertiary/aromatic N) is 3. The molecular weight excluding hydrogens is 358 g/mol. The van der Waals surface area contributed by atoms with Crippen molar-refractivity contribution in [2.45, 2.75) is 38.8 Å². The monoisotopic (exact) mass is 385 g/mol. The largest absolute Gasteiger partial charge is 0.376 e. The lowest BCUT2D eigenvalue weighted by molar-refractivity contribution is 0.0498. The van der Waals surface area contributed by atoms with Crippen LogP contribution >= 0.6 is 0 Å². The molecule has 1 spiro atoms. The van der Waals surface area contributed by atoms with Crippen molar-refractivity contribution in [3.8, 4) is 11.4 Å². The zero-order chi connectivity index (χ0) is 19.8. The Kier molecular flexibility index (Phi) is 4.69. The van der Waals surface area contributed by atoms with E-state index in [9.17, 15) is 0 Å². The maximum atomic E-state index is 6.07. The average molecular weight is 386 g/mol. The first kappa shape index (κ1) is 18.5. The number of likely N-dealkylation sites (tertiary alicyclic amines) is 1. The first-order valence-electron chi connectivity index (χ1n) is 10.4. The van der Waals surface area contributed by atoms with E-state index in [0.29, 0.717) is 6.61 Å². The Morgan fingerprint density at radius 3 is 2.59 bits per heavy atom. The van der Waals surface area contributed by atoms with Gasteiger partial charge in [-0.1, -0.05) is 60.2 Å². The summed E-state index contributed by atoms with van der Waals surface area (Å²) >= 11 is 0. The molecular formula is C25H27N3O. The summed E-state index contributed by atoms with van der Waals surface area (Å²) in [6.45, 7) is 8.63. The summed E-state index contributed by atoms with van der Waals surface area (Å²) in [4.78, 5) is 12.5. The third kappa shape index (κ3) is 3.47. The van der Waals surface area contributed by atoms with Gasteiger partial charge in [0.15, 0.2) is 5.82 Å². The number of hydrogen-bond donors (Lipinski definition) is 0. The van der Waals surface area contributed by atoms with Gasteiger partial charge in [-0.3, -0.25) is 4.90 Å². The van der Waals surface area contributed by atoms with E-state index in [1.54, 1.807) is 0 Å². The van der Waals surface area contributed by atoms with E-state index < -0.39 is 0 Å². The molecule has 0 aliphatic carbocycles. The van der Waals surface area contributed by atoms with Crippen LogP contribution in [0.15, 0.2) is 54.6 Å². The van der Waals surface area contributed by atoms with Gasteiger partial charge in [0.2, 0.25) is 0 Å². The first-order valence-corrected chi connectivity index (χ1v) is 10.4. The van der Waals surface area contributed by atoms with Crippen molar-refractivity contribution in [3.63, 3.8) is 0 Å². The van der Waals surface area contributed by atoms with Gasteiger partial charge >= 0.3 is 0 Å². The molecule has 1 saturated heterocycles. The van der Waals surface area contributed by atoms with Crippen molar-refractivity contribution >= 4 is 0 Å². The molecule has 2 aliphatic rings. The summed E-state index contributed by atoms with van der Waals surface area (Å²) in [5.41, 5.74) is 7.17. The summed E-state index contributed by atoms with van der Waals surface area (Å²) in [7, 11) is 0. The Hall–Kier alpha value is -2.56. The zero-order valence-electron chi connectivity index (χ0n) is 17.2. The fourth-order valence-electron chi connectivity index (χ4n) is 4.70. The predicted octanol–water partition coefficient (Wildman–Crippen LogP) is 4.43. The lowest BCUT2D eigenvalue weighted by atomic mass is 9.80. The van der Waals surface area contributed by atoms with Crippen molar-refractivity contribution in [1.29, 1.82) is 0 Å². The number of ether oxygens (including phenoxy) is 1. The van der Waals surface area contributed by atoms with Crippen LogP contribution in [0.3, 0.4) is 0 Å². The molecule has 1 atom stereocenters. The standard InChI is InChI=1S/C25H27N3O/c1-18-8-10-20(11-9-18)14-28-13-12-25(16-28)17-29-15-22-19(2)26-24(27-23(22)25)21-6-4-3-5-7-21/h3-11H,12-17H2,1-2H3/t25-/m0/s1. The quantitative estimate of drug-likeness (QED) is 0.668. The molecule has 1 fully saturated rings. The van der Waals surface area contributed by atoms with Gasteiger partial charge < -0.3 is 4.74 Å². The third-order valence-electron chi connectivity index (χ3n) is 6.33. The van der Waals surface area contributed by atoms with Crippen LogP contribution in [-0.2, 0) is 23.3 Å². The zero-order valence-corrected chi connectivity index (χ0v) is 17.2. The molecule has 0 bridgehead atoms. The summed E-state index contributed by atoms with van der Waals surface area (Å²) in [5, 5.41) is 0. The van der Waals surface area contributed by atoms with Gasteiger partial charge in [-0.2, -0.15) is 0 Å². The molecule has 3 aromatic rings. The molecule has 0 amide bonds. The SMILES string of the molecule is Cc1ccc(CN2CC[C@@]3(COCc4c(C)nc(-c5ccccc5)nc43)C2)cc1. The highest BCUT2D eigenvalue weighted by Gasteiger charge is 2.45. The molecule has 29 heavy (non-hydrogen) atoms. The van der Waals surface area contributed by atoms with Gasteiger partial charge in [0.1, 0.15) is 0 Å². The highest BCUT2D eigenvalue weighted by Crippen LogP contribution is 2.41. The molecule has 4 heteroatoms. The molecule has 5 rings (SSSR count). The lowest BCUT2D eigenvalue weighted by Gasteiger charge is -2.35. The van der Waals surface area contributed by atoms with E-state index in [1.807, 2.05) is 18.2 Å². The van der Waals surface area contributed by atoms with Crippen molar-refractivity contribution in [2.75, 3.05) is 19.7 Å².